The van der Waals surface area contributed by atoms with Crippen LogP contribution in [-0.2, 0) is 0 Å². The van der Waals surface area contributed by atoms with E-state index in [9.17, 15) is 18.0 Å². The van der Waals surface area contributed by atoms with Crippen molar-refractivity contribution >= 4 is 17.3 Å². The smallest absolute Gasteiger partial charge is 0.418 e. The van der Waals surface area contributed by atoms with Crippen LogP contribution in [0.25, 0.3) is 22.5 Å². The van der Waals surface area contributed by atoms with Gasteiger partial charge in [-0.3, -0.25) is 0 Å². The third-order valence-corrected chi connectivity index (χ3v) is 6.29. The minimum absolute atomic E-state index is 0.0290. The van der Waals surface area contributed by atoms with Crippen LogP contribution in [0.2, 0.25) is 0 Å². The molecule has 5 N–H and O–H groups in total. The van der Waals surface area contributed by atoms with Gasteiger partial charge in [-0.1, -0.05) is 6.58 Å². The standard InChI is InChI=1S/C27H30F3N7O3/c1-16(32)20(27(28,29)30)13-19(15-31)25-17(2)34-24-8-6-21(35-37(24)25)18-5-7-22(23(14-18)39-3)40-12-4-10-36-11-9-33-26(36)38/h5-8,13-15H,1,4,9-12,31-32H2,2-3H3,(H,33,38)/b19-15+,20-13+. The molecule has 0 bridgehead atoms. The Labute approximate surface area is 228 Å². The van der Waals surface area contributed by atoms with Gasteiger partial charge in [-0.2, -0.15) is 18.3 Å². The first-order valence-corrected chi connectivity index (χ1v) is 12.4. The molecule has 3 heterocycles. The van der Waals surface area contributed by atoms with E-state index in [1.165, 1.54) is 11.6 Å². The summed E-state index contributed by atoms with van der Waals surface area (Å²) in [5, 5.41) is 7.40. The van der Waals surface area contributed by atoms with E-state index in [1.54, 1.807) is 42.2 Å². The lowest BCUT2D eigenvalue weighted by Gasteiger charge is -2.15. The molecule has 0 unspecified atom stereocenters. The summed E-state index contributed by atoms with van der Waals surface area (Å²) >= 11 is 0. The molecule has 212 valence electrons. The molecular formula is C27H30F3N7O3. The highest BCUT2D eigenvalue weighted by atomic mass is 19.4. The summed E-state index contributed by atoms with van der Waals surface area (Å²) in [7, 11) is 1.52. The normalized spacial score (nSPS) is 14.5. The summed E-state index contributed by atoms with van der Waals surface area (Å²) in [6, 6.07) is 8.67. The zero-order valence-corrected chi connectivity index (χ0v) is 22.1. The van der Waals surface area contributed by atoms with Crippen LogP contribution >= 0.6 is 0 Å². The highest BCUT2D eigenvalue weighted by molar-refractivity contribution is 5.77. The molecule has 0 atom stereocenters. The maximum atomic E-state index is 13.5. The molecule has 1 saturated heterocycles. The number of halogens is 3. The zero-order valence-electron chi connectivity index (χ0n) is 22.1. The van der Waals surface area contributed by atoms with Gasteiger partial charge in [0.1, 0.15) is 0 Å². The summed E-state index contributed by atoms with van der Waals surface area (Å²) in [6.07, 6.45) is -2.20. The van der Waals surface area contributed by atoms with E-state index in [2.05, 4.69) is 22.0 Å². The molecule has 2 amide bonds. The number of nitrogens with zero attached hydrogens (tertiary/aromatic N) is 4. The number of carbonyl (C=O) groups is 1. The van der Waals surface area contributed by atoms with Crippen LogP contribution in [-0.4, -0.2) is 65.1 Å². The van der Waals surface area contributed by atoms with E-state index in [4.69, 9.17) is 20.9 Å². The number of ether oxygens (including phenoxy) is 2. The van der Waals surface area contributed by atoms with E-state index < -0.39 is 17.4 Å². The van der Waals surface area contributed by atoms with Crippen LogP contribution in [0.5, 0.6) is 11.5 Å². The van der Waals surface area contributed by atoms with Gasteiger partial charge in [0.2, 0.25) is 0 Å². The van der Waals surface area contributed by atoms with Crippen LogP contribution in [0, 0.1) is 6.92 Å². The Bertz CT molecular complexity index is 1490. The molecule has 1 aliphatic rings. The van der Waals surface area contributed by atoms with E-state index in [-0.39, 0.29) is 17.3 Å². The van der Waals surface area contributed by atoms with Crippen molar-refractivity contribution in [3.8, 4) is 22.8 Å². The number of benzene rings is 1. The molecule has 40 heavy (non-hydrogen) atoms. The third-order valence-electron chi connectivity index (χ3n) is 6.29. The summed E-state index contributed by atoms with van der Waals surface area (Å²) in [6.45, 7) is 7.19. The molecule has 4 rings (SSSR count). The third kappa shape index (κ3) is 5.98. The van der Waals surface area contributed by atoms with Gasteiger partial charge in [-0.25, -0.2) is 14.3 Å². The van der Waals surface area contributed by atoms with Crippen molar-refractivity contribution in [1.29, 1.82) is 0 Å². The van der Waals surface area contributed by atoms with E-state index in [1.807, 2.05) is 0 Å². The SMILES string of the molecule is C=C(N)/C(=C\C(=C/N)c1c(C)nc2ccc(-c3ccc(OCCCN4CCNC4=O)c(OC)c3)nn12)C(F)(F)F. The number of methoxy groups -OCH3 is 1. The Hall–Kier alpha value is -4.68. The van der Waals surface area contributed by atoms with Gasteiger partial charge in [0.15, 0.2) is 17.1 Å². The molecule has 1 fully saturated rings. The maximum absolute atomic E-state index is 13.5. The van der Waals surface area contributed by atoms with Crippen molar-refractivity contribution in [2.24, 2.45) is 11.5 Å². The number of rotatable bonds is 10. The molecule has 1 aliphatic heterocycles. The molecule has 13 heteroatoms. The number of alkyl halides is 3. The Morgan fingerprint density at radius 1 is 1.25 bits per heavy atom. The van der Waals surface area contributed by atoms with Crippen molar-refractivity contribution in [2.75, 3.05) is 33.4 Å². The number of imidazole rings is 1. The summed E-state index contributed by atoms with van der Waals surface area (Å²) in [5.74, 6) is 1.000. The van der Waals surface area contributed by atoms with Gasteiger partial charge in [-0.05, 0) is 49.8 Å². The Morgan fingerprint density at radius 2 is 2.02 bits per heavy atom. The first-order chi connectivity index (χ1) is 19.0. The van der Waals surface area contributed by atoms with Crippen molar-refractivity contribution in [2.45, 2.75) is 19.5 Å². The van der Waals surface area contributed by atoms with E-state index >= 15 is 0 Å². The average Bonchev–Trinajstić information content (AvgIpc) is 3.47. The van der Waals surface area contributed by atoms with Gasteiger partial charge in [0.25, 0.3) is 0 Å². The van der Waals surface area contributed by atoms with Gasteiger partial charge in [0, 0.05) is 42.7 Å². The molecule has 0 radical (unpaired) electrons. The molecule has 10 nitrogen and oxygen atoms in total. The number of nitrogens with one attached hydrogen (secondary N) is 1. The Balaban J connectivity index is 1.61. The van der Waals surface area contributed by atoms with Crippen molar-refractivity contribution < 1.29 is 27.4 Å². The fourth-order valence-electron chi connectivity index (χ4n) is 4.34. The number of fused-ring (bicyclic) bond motifs is 1. The lowest BCUT2D eigenvalue weighted by molar-refractivity contribution is -0.0893. The number of urea groups is 1. The number of carbonyl (C=O) groups excluding carboxylic acids is 1. The number of nitrogens with two attached hydrogens (primary N) is 2. The molecule has 0 spiro atoms. The summed E-state index contributed by atoms with van der Waals surface area (Å²) in [4.78, 5) is 17.8. The highest BCUT2D eigenvalue weighted by Gasteiger charge is 2.35. The van der Waals surface area contributed by atoms with Gasteiger partial charge in [-0.15, -0.1) is 0 Å². The highest BCUT2D eigenvalue weighted by Crippen LogP contribution is 2.34. The number of amides is 2. The molecule has 3 aromatic rings. The molecule has 0 aliphatic carbocycles. The van der Waals surface area contributed by atoms with Gasteiger partial charge < -0.3 is 31.2 Å². The van der Waals surface area contributed by atoms with E-state index in [0.717, 1.165) is 12.3 Å². The minimum Gasteiger partial charge on any atom is -0.493 e. The Morgan fingerprint density at radius 3 is 2.65 bits per heavy atom. The second-order valence-corrected chi connectivity index (χ2v) is 9.02. The number of allylic oxidation sites excluding steroid dienone is 3. The van der Waals surface area contributed by atoms with Crippen LogP contribution in [0.4, 0.5) is 18.0 Å². The molecule has 0 saturated carbocycles. The predicted molar refractivity (Wildman–Crippen MR) is 144 cm³/mol. The predicted octanol–water partition coefficient (Wildman–Crippen LogP) is 3.77. The second-order valence-electron chi connectivity index (χ2n) is 9.02. The minimum atomic E-state index is -4.73. The lowest BCUT2D eigenvalue weighted by atomic mass is 10.1. The van der Waals surface area contributed by atoms with Crippen LogP contribution in [0.3, 0.4) is 0 Å². The lowest BCUT2D eigenvalue weighted by Crippen LogP contribution is -2.29. The molecule has 2 aromatic heterocycles. The van der Waals surface area contributed by atoms with Crippen LogP contribution in [0.1, 0.15) is 17.8 Å². The number of aromatic nitrogens is 3. The topological polar surface area (TPSA) is 133 Å². The monoisotopic (exact) mass is 557 g/mol. The number of aryl methyl sites for hydroxylation is 1. The van der Waals surface area contributed by atoms with Crippen LogP contribution in [0.15, 0.2) is 60.5 Å². The Kier molecular flexibility index (Phi) is 8.21. The largest absolute Gasteiger partial charge is 0.493 e. The zero-order chi connectivity index (χ0) is 29.0. The maximum Gasteiger partial charge on any atom is 0.418 e. The first kappa shape index (κ1) is 28.3. The van der Waals surface area contributed by atoms with Crippen molar-refractivity contribution in [1.82, 2.24) is 24.8 Å². The fraction of sp³-hybridized carbons (Fsp3) is 0.296. The quantitative estimate of drug-likeness (QED) is 0.255. The summed E-state index contributed by atoms with van der Waals surface area (Å²) in [5.41, 5.74) is 11.7. The number of hydrogen-bond donors (Lipinski definition) is 3. The second kappa shape index (κ2) is 11.6. The van der Waals surface area contributed by atoms with Crippen LogP contribution < -0.4 is 26.3 Å². The van der Waals surface area contributed by atoms with Crippen molar-refractivity contribution in [3.63, 3.8) is 0 Å². The fourth-order valence-corrected chi connectivity index (χ4v) is 4.34. The molecule has 1 aromatic carbocycles. The van der Waals surface area contributed by atoms with Crippen molar-refractivity contribution in [3.05, 3.63) is 71.8 Å². The number of hydrogen-bond acceptors (Lipinski definition) is 7. The van der Waals surface area contributed by atoms with Gasteiger partial charge in [0.05, 0.1) is 36.4 Å². The van der Waals surface area contributed by atoms with Gasteiger partial charge >= 0.3 is 12.2 Å². The first-order valence-electron chi connectivity index (χ1n) is 12.4. The molecular weight excluding hydrogens is 527 g/mol. The summed E-state index contributed by atoms with van der Waals surface area (Å²) < 4.78 is 53.5. The van der Waals surface area contributed by atoms with E-state index in [0.29, 0.717) is 66.8 Å². The average molecular weight is 558 g/mol.